The summed E-state index contributed by atoms with van der Waals surface area (Å²) in [6.07, 6.45) is 0.773. The zero-order valence-corrected chi connectivity index (χ0v) is 14.2. The average molecular weight is 319 g/mol. The standard InChI is InChI=1S/C18H25NO4/c1-5-22-15(20)18(19-16(21)23-17(2,3)4)12-11-14(18)13-9-7-6-8-10-13/h6-10,14H,5,11-12H2,1-4H3,(H,19,21)/t14-,18+/m1/s1. The van der Waals surface area contributed by atoms with Crippen molar-refractivity contribution in [1.82, 2.24) is 5.32 Å². The molecule has 1 aromatic carbocycles. The van der Waals surface area contributed by atoms with Gasteiger partial charge in [-0.15, -0.1) is 0 Å². The van der Waals surface area contributed by atoms with Crippen LogP contribution in [0.15, 0.2) is 30.3 Å². The van der Waals surface area contributed by atoms with Crippen LogP contribution >= 0.6 is 0 Å². The van der Waals surface area contributed by atoms with Gasteiger partial charge in [0, 0.05) is 5.92 Å². The summed E-state index contributed by atoms with van der Waals surface area (Å²) in [5, 5.41) is 2.78. The topological polar surface area (TPSA) is 64.6 Å². The van der Waals surface area contributed by atoms with Gasteiger partial charge in [0.15, 0.2) is 0 Å². The number of amides is 1. The molecule has 126 valence electrons. The maximum atomic E-state index is 12.5. The Balaban J connectivity index is 2.24. The van der Waals surface area contributed by atoms with Gasteiger partial charge in [-0.1, -0.05) is 30.3 Å². The third-order valence-electron chi connectivity index (χ3n) is 3.99. The molecule has 2 atom stereocenters. The van der Waals surface area contributed by atoms with E-state index in [1.807, 2.05) is 30.3 Å². The smallest absolute Gasteiger partial charge is 0.408 e. The number of carbonyl (C=O) groups is 2. The van der Waals surface area contributed by atoms with Crippen LogP contribution in [0.5, 0.6) is 0 Å². The van der Waals surface area contributed by atoms with E-state index in [0.717, 1.165) is 12.0 Å². The molecular weight excluding hydrogens is 294 g/mol. The first-order valence-electron chi connectivity index (χ1n) is 8.02. The minimum Gasteiger partial charge on any atom is -0.464 e. The molecule has 0 bridgehead atoms. The molecule has 0 unspecified atom stereocenters. The molecule has 2 rings (SSSR count). The zero-order chi connectivity index (χ0) is 17.1. The quantitative estimate of drug-likeness (QED) is 0.864. The van der Waals surface area contributed by atoms with Crippen LogP contribution in [0, 0.1) is 0 Å². The highest BCUT2D eigenvalue weighted by molar-refractivity contribution is 5.88. The number of benzene rings is 1. The molecule has 1 saturated carbocycles. The number of hydrogen-bond acceptors (Lipinski definition) is 4. The molecule has 0 saturated heterocycles. The summed E-state index contributed by atoms with van der Waals surface area (Å²) in [5.74, 6) is -0.499. The molecule has 0 aliphatic heterocycles. The predicted octanol–water partition coefficient (Wildman–Crippen LogP) is 3.39. The maximum absolute atomic E-state index is 12.5. The van der Waals surface area contributed by atoms with Crippen LogP contribution in [0.25, 0.3) is 0 Å². The van der Waals surface area contributed by atoms with Gasteiger partial charge in [-0.3, -0.25) is 0 Å². The fourth-order valence-corrected chi connectivity index (χ4v) is 2.90. The number of esters is 1. The van der Waals surface area contributed by atoms with Crippen molar-refractivity contribution >= 4 is 12.1 Å². The van der Waals surface area contributed by atoms with E-state index >= 15 is 0 Å². The molecule has 5 heteroatoms. The van der Waals surface area contributed by atoms with Crippen molar-refractivity contribution in [1.29, 1.82) is 0 Å². The van der Waals surface area contributed by atoms with Crippen molar-refractivity contribution < 1.29 is 19.1 Å². The Morgan fingerprint density at radius 2 is 1.91 bits per heavy atom. The van der Waals surface area contributed by atoms with Gasteiger partial charge < -0.3 is 14.8 Å². The lowest BCUT2D eigenvalue weighted by Gasteiger charge is -2.47. The lowest BCUT2D eigenvalue weighted by atomic mass is 9.63. The summed E-state index contributed by atoms with van der Waals surface area (Å²) in [7, 11) is 0. The molecule has 1 fully saturated rings. The molecule has 1 amide bonds. The van der Waals surface area contributed by atoms with Gasteiger partial charge in [-0.2, -0.15) is 0 Å². The second-order valence-electron chi connectivity index (χ2n) is 6.82. The van der Waals surface area contributed by atoms with Crippen LogP contribution in [0.1, 0.15) is 52.0 Å². The van der Waals surface area contributed by atoms with Crippen molar-refractivity contribution in [2.75, 3.05) is 6.61 Å². The monoisotopic (exact) mass is 319 g/mol. The third kappa shape index (κ3) is 3.84. The molecule has 1 N–H and O–H groups in total. The highest BCUT2D eigenvalue weighted by Gasteiger charge is 2.56. The molecule has 1 aromatic rings. The second-order valence-corrected chi connectivity index (χ2v) is 6.82. The summed E-state index contributed by atoms with van der Waals surface area (Å²) in [6, 6.07) is 9.72. The average Bonchev–Trinajstić information content (AvgIpc) is 2.43. The number of rotatable bonds is 4. The lowest BCUT2D eigenvalue weighted by Crippen LogP contribution is -2.64. The van der Waals surface area contributed by atoms with Crippen molar-refractivity contribution in [3.8, 4) is 0 Å². The van der Waals surface area contributed by atoms with E-state index in [-0.39, 0.29) is 12.5 Å². The van der Waals surface area contributed by atoms with E-state index in [9.17, 15) is 9.59 Å². The lowest BCUT2D eigenvalue weighted by molar-refractivity contribution is -0.156. The van der Waals surface area contributed by atoms with Crippen molar-refractivity contribution in [3.63, 3.8) is 0 Å². The maximum Gasteiger partial charge on any atom is 0.408 e. The summed E-state index contributed by atoms with van der Waals surface area (Å²) >= 11 is 0. The van der Waals surface area contributed by atoms with Crippen LogP contribution in [-0.2, 0) is 14.3 Å². The Morgan fingerprint density at radius 3 is 2.39 bits per heavy atom. The Morgan fingerprint density at radius 1 is 1.26 bits per heavy atom. The van der Waals surface area contributed by atoms with Gasteiger partial charge in [-0.05, 0) is 46.1 Å². The number of carbonyl (C=O) groups excluding carboxylic acids is 2. The van der Waals surface area contributed by atoms with Crippen molar-refractivity contribution in [3.05, 3.63) is 35.9 Å². The normalized spacial score (nSPS) is 23.6. The molecule has 0 spiro atoms. The van der Waals surface area contributed by atoms with Crippen LogP contribution in [-0.4, -0.2) is 29.8 Å². The van der Waals surface area contributed by atoms with E-state index in [0.29, 0.717) is 6.42 Å². The third-order valence-corrected chi connectivity index (χ3v) is 3.99. The van der Waals surface area contributed by atoms with Crippen LogP contribution in [0.2, 0.25) is 0 Å². The summed E-state index contributed by atoms with van der Waals surface area (Å²) in [6.45, 7) is 7.41. The minimum absolute atomic E-state index is 0.102. The zero-order valence-electron chi connectivity index (χ0n) is 14.2. The van der Waals surface area contributed by atoms with E-state index in [1.54, 1.807) is 27.7 Å². The molecular formula is C18H25NO4. The number of nitrogens with one attached hydrogen (secondary N) is 1. The Kier molecular flexibility index (Phi) is 4.97. The molecule has 0 aromatic heterocycles. The highest BCUT2D eigenvalue weighted by Crippen LogP contribution is 2.47. The first-order chi connectivity index (χ1) is 10.8. The van der Waals surface area contributed by atoms with E-state index < -0.39 is 23.2 Å². The van der Waals surface area contributed by atoms with Gasteiger partial charge in [-0.25, -0.2) is 9.59 Å². The van der Waals surface area contributed by atoms with Crippen molar-refractivity contribution in [2.45, 2.75) is 57.6 Å². The van der Waals surface area contributed by atoms with Crippen molar-refractivity contribution in [2.24, 2.45) is 0 Å². The number of hydrogen-bond donors (Lipinski definition) is 1. The Bertz CT molecular complexity index is 564. The first-order valence-corrected chi connectivity index (χ1v) is 8.02. The van der Waals surface area contributed by atoms with Gasteiger partial charge in [0.2, 0.25) is 0 Å². The fourth-order valence-electron chi connectivity index (χ4n) is 2.90. The summed E-state index contributed by atoms with van der Waals surface area (Å²) in [4.78, 5) is 24.8. The Hall–Kier alpha value is -2.04. The number of alkyl carbamates (subject to hydrolysis) is 1. The Labute approximate surface area is 137 Å². The minimum atomic E-state index is -1.04. The molecule has 5 nitrogen and oxygen atoms in total. The predicted molar refractivity (Wildman–Crippen MR) is 87.2 cm³/mol. The van der Waals surface area contributed by atoms with E-state index in [2.05, 4.69) is 5.32 Å². The summed E-state index contributed by atoms with van der Waals surface area (Å²) in [5.41, 5.74) is -0.645. The van der Waals surface area contributed by atoms with Gasteiger partial charge in [0.05, 0.1) is 6.61 Å². The van der Waals surface area contributed by atoms with Crippen LogP contribution in [0.3, 0.4) is 0 Å². The first kappa shape index (κ1) is 17.3. The largest absolute Gasteiger partial charge is 0.464 e. The number of ether oxygens (including phenoxy) is 2. The van der Waals surface area contributed by atoms with Gasteiger partial charge in [0.25, 0.3) is 0 Å². The molecule has 23 heavy (non-hydrogen) atoms. The molecule has 0 radical (unpaired) electrons. The fraction of sp³-hybridized carbons (Fsp3) is 0.556. The van der Waals surface area contributed by atoms with E-state index in [1.165, 1.54) is 0 Å². The van der Waals surface area contributed by atoms with Crippen LogP contribution in [0.4, 0.5) is 4.79 Å². The van der Waals surface area contributed by atoms with Gasteiger partial charge in [0.1, 0.15) is 11.1 Å². The van der Waals surface area contributed by atoms with E-state index in [4.69, 9.17) is 9.47 Å². The van der Waals surface area contributed by atoms with Crippen LogP contribution < -0.4 is 5.32 Å². The highest BCUT2D eigenvalue weighted by atomic mass is 16.6. The van der Waals surface area contributed by atoms with Gasteiger partial charge >= 0.3 is 12.1 Å². The SMILES string of the molecule is CCOC(=O)[C@]1(NC(=O)OC(C)(C)C)CC[C@@H]1c1ccccc1. The molecule has 1 aliphatic carbocycles. The molecule has 1 aliphatic rings. The second kappa shape index (κ2) is 6.60. The summed E-state index contributed by atoms with van der Waals surface area (Å²) < 4.78 is 10.5. The molecule has 0 heterocycles.